The largest absolute Gasteiger partial charge is 0.377 e. The van der Waals surface area contributed by atoms with Crippen molar-refractivity contribution < 1.29 is 0 Å². The van der Waals surface area contributed by atoms with Crippen molar-refractivity contribution in [3.8, 4) is 0 Å². The summed E-state index contributed by atoms with van der Waals surface area (Å²) in [4.78, 5) is 0. The maximum absolute atomic E-state index is 6.11. The van der Waals surface area contributed by atoms with E-state index in [0.717, 1.165) is 21.6 Å². The quantitative estimate of drug-likeness (QED) is 0.529. The lowest BCUT2D eigenvalue weighted by atomic mass is 10.00. The van der Waals surface area contributed by atoms with Gasteiger partial charge in [-0.05, 0) is 46.1 Å². The van der Waals surface area contributed by atoms with Gasteiger partial charge in [0.2, 0.25) is 0 Å². The van der Waals surface area contributed by atoms with Gasteiger partial charge in [0.05, 0.1) is 11.7 Å². The van der Waals surface area contributed by atoms with E-state index >= 15 is 0 Å². The summed E-state index contributed by atoms with van der Waals surface area (Å²) in [6.45, 7) is 2.23. The fourth-order valence-electron chi connectivity index (χ4n) is 2.40. The summed E-state index contributed by atoms with van der Waals surface area (Å²) in [5.74, 6) is 0. The Morgan fingerprint density at radius 3 is 2.57 bits per heavy atom. The molecule has 2 aromatic rings. The molecule has 1 N–H and O–H groups in total. The fourth-order valence-corrected chi connectivity index (χ4v) is 2.93. The summed E-state index contributed by atoms with van der Waals surface area (Å²) in [5.41, 5.74) is 2.37. The second kappa shape index (κ2) is 8.45. The Labute approximate surface area is 140 Å². The van der Waals surface area contributed by atoms with Crippen LogP contribution in [0.15, 0.2) is 53.0 Å². The first kappa shape index (κ1) is 16.4. The van der Waals surface area contributed by atoms with Gasteiger partial charge in [-0.1, -0.05) is 68.1 Å². The maximum Gasteiger partial charge on any atom is 0.0514 e. The second-order valence-corrected chi connectivity index (χ2v) is 6.52. The van der Waals surface area contributed by atoms with Crippen molar-refractivity contribution >= 4 is 33.2 Å². The molecule has 0 aliphatic rings. The van der Waals surface area contributed by atoms with E-state index < -0.39 is 0 Å². The molecule has 1 atom stereocenters. The third kappa shape index (κ3) is 5.05. The van der Waals surface area contributed by atoms with Gasteiger partial charge in [0, 0.05) is 9.50 Å². The zero-order valence-electron chi connectivity index (χ0n) is 12.3. The summed E-state index contributed by atoms with van der Waals surface area (Å²) >= 11 is 9.70. The molecule has 0 amide bonds. The molecule has 2 rings (SSSR count). The van der Waals surface area contributed by atoms with Crippen LogP contribution in [0.2, 0.25) is 5.02 Å². The minimum atomic E-state index is 0.313. The summed E-state index contributed by atoms with van der Waals surface area (Å²) in [7, 11) is 0. The van der Waals surface area contributed by atoms with Crippen molar-refractivity contribution in [3.63, 3.8) is 0 Å². The normalized spacial score (nSPS) is 12.1. The standard InChI is InChI=1S/C18H21BrClN/c1-2-3-5-10-17(14-8-6-4-7-9-14)21-18-13-15(20)11-12-16(18)19/h4,6-9,11-13,17,21H,2-3,5,10H2,1H3. The first-order chi connectivity index (χ1) is 10.2. The van der Waals surface area contributed by atoms with Crippen LogP contribution in [0.5, 0.6) is 0 Å². The molecule has 0 heterocycles. The van der Waals surface area contributed by atoms with Gasteiger partial charge < -0.3 is 5.32 Å². The van der Waals surface area contributed by atoms with Crippen LogP contribution >= 0.6 is 27.5 Å². The van der Waals surface area contributed by atoms with Crippen molar-refractivity contribution in [2.75, 3.05) is 5.32 Å². The molecule has 2 aromatic carbocycles. The first-order valence-corrected chi connectivity index (χ1v) is 8.64. The lowest BCUT2D eigenvalue weighted by Gasteiger charge is -2.21. The molecule has 0 radical (unpaired) electrons. The number of hydrogen-bond acceptors (Lipinski definition) is 1. The molecule has 3 heteroatoms. The van der Waals surface area contributed by atoms with E-state index in [4.69, 9.17) is 11.6 Å². The van der Waals surface area contributed by atoms with Crippen LogP contribution in [0.4, 0.5) is 5.69 Å². The average Bonchev–Trinajstić information content (AvgIpc) is 2.51. The SMILES string of the molecule is CCCCCC(Nc1cc(Cl)ccc1Br)c1ccccc1. The van der Waals surface area contributed by atoms with Crippen molar-refractivity contribution in [1.29, 1.82) is 0 Å². The van der Waals surface area contributed by atoms with Crippen LogP contribution in [-0.4, -0.2) is 0 Å². The average molecular weight is 367 g/mol. The number of nitrogens with one attached hydrogen (secondary N) is 1. The van der Waals surface area contributed by atoms with Crippen LogP contribution < -0.4 is 5.32 Å². The van der Waals surface area contributed by atoms with Crippen LogP contribution in [0.1, 0.15) is 44.2 Å². The first-order valence-electron chi connectivity index (χ1n) is 7.47. The second-order valence-electron chi connectivity index (χ2n) is 5.23. The Kier molecular flexibility index (Phi) is 6.59. The summed E-state index contributed by atoms with van der Waals surface area (Å²) in [5, 5.41) is 4.38. The number of rotatable bonds is 7. The van der Waals surface area contributed by atoms with Crippen molar-refractivity contribution in [3.05, 3.63) is 63.6 Å². The van der Waals surface area contributed by atoms with Gasteiger partial charge in [0.1, 0.15) is 0 Å². The lowest BCUT2D eigenvalue weighted by Crippen LogP contribution is -2.11. The van der Waals surface area contributed by atoms with Crippen LogP contribution in [-0.2, 0) is 0 Å². The molecule has 0 fully saturated rings. The van der Waals surface area contributed by atoms with Gasteiger partial charge >= 0.3 is 0 Å². The van der Waals surface area contributed by atoms with Crippen LogP contribution in [0.3, 0.4) is 0 Å². The highest BCUT2D eigenvalue weighted by atomic mass is 79.9. The molecule has 1 nitrogen and oxygen atoms in total. The zero-order valence-corrected chi connectivity index (χ0v) is 14.6. The molecule has 0 saturated heterocycles. The van der Waals surface area contributed by atoms with Crippen LogP contribution in [0, 0.1) is 0 Å². The predicted molar refractivity (Wildman–Crippen MR) is 96.1 cm³/mol. The van der Waals surface area contributed by atoms with E-state index in [1.165, 1.54) is 24.8 Å². The molecule has 0 aliphatic heterocycles. The third-order valence-electron chi connectivity index (χ3n) is 3.56. The van der Waals surface area contributed by atoms with Gasteiger partial charge in [-0.2, -0.15) is 0 Å². The Morgan fingerprint density at radius 1 is 1.10 bits per heavy atom. The van der Waals surface area contributed by atoms with Crippen LogP contribution in [0.25, 0.3) is 0 Å². The third-order valence-corrected chi connectivity index (χ3v) is 4.48. The van der Waals surface area contributed by atoms with Gasteiger partial charge in [0.25, 0.3) is 0 Å². The van der Waals surface area contributed by atoms with Gasteiger partial charge in [-0.3, -0.25) is 0 Å². The highest BCUT2D eigenvalue weighted by molar-refractivity contribution is 9.10. The summed E-state index contributed by atoms with van der Waals surface area (Å²) in [6.07, 6.45) is 4.85. The minimum Gasteiger partial charge on any atom is -0.377 e. The Balaban J connectivity index is 2.17. The topological polar surface area (TPSA) is 12.0 Å². The number of anilines is 1. The molecule has 0 aromatic heterocycles. The van der Waals surface area contributed by atoms with Gasteiger partial charge in [-0.15, -0.1) is 0 Å². The molecule has 0 saturated carbocycles. The Morgan fingerprint density at radius 2 is 1.86 bits per heavy atom. The van der Waals surface area contributed by atoms with E-state index in [9.17, 15) is 0 Å². The van der Waals surface area contributed by atoms with Crippen molar-refractivity contribution in [1.82, 2.24) is 0 Å². The van der Waals surface area contributed by atoms with E-state index in [1.807, 2.05) is 18.2 Å². The molecule has 21 heavy (non-hydrogen) atoms. The predicted octanol–water partition coefficient (Wildman–Crippen LogP) is 6.84. The Hall–Kier alpha value is -0.990. The van der Waals surface area contributed by atoms with Gasteiger partial charge in [-0.25, -0.2) is 0 Å². The van der Waals surface area contributed by atoms with E-state index in [0.29, 0.717) is 6.04 Å². The van der Waals surface area contributed by atoms with Gasteiger partial charge in [0.15, 0.2) is 0 Å². The minimum absolute atomic E-state index is 0.313. The molecule has 0 aliphatic carbocycles. The fraction of sp³-hybridized carbons (Fsp3) is 0.333. The number of unbranched alkanes of at least 4 members (excludes halogenated alkanes) is 2. The van der Waals surface area contributed by atoms with E-state index in [-0.39, 0.29) is 0 Å². The molecular formula is C18H21BrClN. The monoisotopic (exact) mass is 365 g/mol. The van der Waals surface area contributed by atoms with Crippen molar-refractivity contribution in [2.45, 2.75) is 38.6 Å². The molecular weight excluding hydrogens is 346 g/mol. The lowest BCUT2D eigenvalue weighted by molar-refractivity contribution is 0.606. The molecule has 0 spiro atoms. The smallest absolute Gasteiger partial charge is 0.0514 e. The number of benzene rings is 2. The highest BCUT2D eigenvalue weighted by Crippen LogP contribution is 2.31. The molecule has 112 valence electrons. The number of halogens is 2. The highest BCUT2D eigenvalue weighted by Gasteiger charge is 2.12. The molecule has 1 unspecified atom stereocenters. The summed E-state index contributed by atoms with van der Waals surface area (Å²) in [6, 6.07) is 16.8. The van der Waals surface area contributed by atoms with Crippen molar-refractivity contribution in [2.24, 2.45) is 0 Å². The van der Waals surface area contributed by atoms with E-state index in [1.54, 1.807) is 0 Å². The number of hydrogen-bond donors (Lipinski definition) is 1. The zero-order chi connectivity index (χ0) is 15.1. The Bertz CT molecular complexity index is 556. The maximum atomic E-state index is 6.11. The summed E-state index contributed by atoms with van der Waals surface area (Å²) < 4.78 is 1.04. The molecule has 0 bridgehead atoms. The van der Waals surface area contributed by atoms with E-state index in [2.05, 4.69) is 58.5 Å².